The van der Waals surface area contributed by atoms with E-state index in [1.165, 1.54) is 27.6 Å². The van der Waals surface area contributed by atoms with Gasteiger partial charge >= 0.3 is 5.69 Å². The third-order valence-corrected chi connectivity index (χ3v) is 6.00. The number of halogens is 1. The molecule has 0 aliphatic heterocycles. The monoisotopic (exact) mass is 457 g/mol. The highest BCUT2D eigenvalue weighted by molar-refractivity contribution is 6.30. The summed E-state index contributed by atoms with van der Waals surface area (Å²) in [5.41, 5.74) is -0.347. The van der Waals surface area contributed by atoms with Crippen molar-refractivity contribution in [2.75, 3.05) is 0 Å². The van der Waals surface area contributed by atoms with E-state index in [9.17, 15) is 19.5 Å². The van der Waals surface area contributed by atoms with Crippen LogP contribution in [0.5, 0.6) is 5.88 Å². The van der Waals surface area contributed by atoms with E-state index in [-0.39, 0.29) is 40.5 Å². The van der Waals surface area contributed by atoms with Gasteiger partial charge in [0, 0.05) is 19.1 Å². The van der Waals surface area contributed by atoms with E-state index in [1.807, 2.05) is 0 Å². The minimum absolute atomic E-state index is 0.0451. The molecule has 0 unspecified atom stereocenters. The number of hydrogen-bond acceptors (Lipinski definition) is 5. The minimum atomic E-state index is -0.595. The van der Waals surface area contributed by atoms with Crippen molar-refractivity contribution < 1.29 is 5.11 Å². The molecule has 0 saturated heterocycles. The highest BCUT2D eigenvalue weighted by Gasteiger charge is 2.24. The van der Waals surface area contributed by atoms with Gasteiger partial charge in [0.1, 0.15) is 0 Å². The first-order valence-corrected chi connectivity index (χ1v) is 10.8. The molecule has 0 fully saturated rings. The van der Waals surface area contributed by atoms with E-state index >= 15 is 0 Å². The molecule has 0 radical (unpaired) electrons. The van der Waals surface area contributed by atoms with Gasteiger partial charge in [-0.25, -0.2) is 9.20 Å². The van der Waals surface area contributed by atoms with Crippen molar-refractivity contribution in [1.82, 2.24) is 23.1 Å². The summed E-state index contributed by atoms with van der Waals surface area (Å²) in [4.78, 5) is 43.2. The summed E-state index contributed by atoms with van der Waals surface area (Å²) in [5.74, 6) is -0.221. The summed E-state index contributed by atoms with van der Waals surface area (Å²) in [6.07, 6.45) is 2.93. The number of benzene rings is 1. The maximum absolute atomic E-state index is 13.4. The van der Waals surface area contributed by atoms with Crippen LogP contribution >= 0.6 is 11.6 Å². The number of nitrogens with zero attached hydrogens (tertiary/aromatic N) is 5. The fourth-order valence-electron chi connectivity index (χ4n) is 3.94. The Balaban J connectivity index is 2.10. The zero-order chi connectivity index (χ0) is 23.2. The smallest absolute Gasteiger partial charge is 0.332 e. The molecular formula is C22H24ClN5O4. The van der Waals surface area contributed by atoms with Crippen LogP contribution in [0.25, 0.3) is 16.9 Å². The van der Waals surface area contributed by atoms with Crippen molar-refractivity contribution >= 4 is 28.5 Å². The first-order chi connectivity index (χ1) is 15.3. The molecular weight excluding hydrogens is 434 g/mol. The SMILES string of the molecule is CCCCCc1c(O)n2c3c(=O)n(C)c(=O)n(C)c3nc2n(Cc2ccc(Cl)cc2)c1=O. The molecule has 0 bridgehead atoms. The summed E-state index contributed by atoms with van der Waals surface area (Å²) < 4.78 is 4.90. The van der Waals surface area contributed by atoms with Crippen LogP contribution in [0.2, 0.25) is 5.02 Å². The van der Waals surface area contributed by atoms with Crippen LogP contribution in [0.1, 0.15) is 37.3 Å². The fraction of sp³-hybridized carbons (Fsp3) is 0.364. The molecule has 3 heterocycles. The molecule has 0 aliphatic carbocycles. The highest BCUT2D eigenvalue weighted by atomic mass is 35.5. The first-order valence-electron chi connectivity index (χ1n) is 10.4. The summed E-state index contributed by atoms with van der Waals surface area (Å²) >= 11 is 5.99. The van der Waals surface area contributed by atoms with E-state index < -0.39 is 11.2 Å². The molecule has 9 nitrogen and oxygen atoms in total. The first kappa shape index (κ1) is 21.9. The van der Waals surface area contributed by atoms with Crippen molar-refractivity contribution in [2.24, 2.45) is 14.1 Å². The van der Waals surface area contributed by atoms with Gasteiger partial charge in [-0.2, -0.15) is 4.98 Å². The molecule has 0 aliphatic rings. The molecule has 10 heteroatoms. The van der Waals surface area contributed by atoms with E-state index in [2.05, 4.69) is 11.9 Å². The van der Waals surface area contributed by atoms with Crippen LogP contribution in [-0.2, 0) is 27.1 Å². The molecule has 4 aromatic rings. The second-order valence-corrected chi connectivity index (χ2v) is 8.34. The summed E-state index contributed by atoms with van der Waals surface area (Å²) in [6.45, 7) is 2.22. The van der Waals surface area contributed by atoms with Gasteiger partial charge in [-0.3, -0.25) is 23.3 Å². The largest absolute Gasteiger partial charge is 0.494 e. The maximum Gasteiger partial charge on any atom is 0.332 e. The maximum atomic E-state index is 13.4. The Bertz CT molecular complexity index is 1510. The lowest BCUT2D eigenvalue weighted by Crippen LogP contribution is -2.37. The Morgan fingerprint density at radius 3 is 2.34 bits per heavy atom. The van der Waals surface area contributed by atoms with Crippen LogP contribution in [0.15, 0.2) is 38.6 Å². The standard InChI is InChI=1S/C22H24ClN5O4/c1-4-5-6-7-15-18(29)27(12-13-8-10-14(23)11-9-13)21-24-17-16(28(21)19(15)30)20(31)26(3)22(32)25(17)2/h8-11,30H,4-7,12H2,1-3H3. The molecule has 3 aromatic heterocycles. The van der Waals surface area contributed by atoms with Crippen LogP contribution in [-0.4, -0.2) is 28.2 Å². The molecule has 0 atom stereocenters. The van der Waals surface area contributed by atoms with Gasteiger partial charge in [0.2, 0.25) is 11.7 Å². The van der Waals surface area contributed by atoms with E-state index in [1.54, 1.807) is 24.3 Å². The van der Waals surface area contributed by atoms with E-state index in [0.29, 0.717) is 11.4 Å². The quantitative estimate of drug-likeness (QED) is 0.447. The third kappa shape index (κ3) is 3.42. The number of hydrogen-bond donors (Lipinski definition) is 1. The number of imidazole rings is 1. The molecule has 4 rings (SSSR count). The average molecular weight is 458 g/mol. The lowest BCUT2D eigenvalue weighted by atomic mass is 10.1. The fourth-order valence-corrected chi connectivity index (χ4v) is 4.06. The van der Waals surface area contributed by atoms with Crippen LogP contribution in [0.4, 0.5) is 0 Å². The van der Waals surface area contributed by atoms with E-state index in [0.717, 1.165) is 29.4 Å². The Hall–Kier alpha value is -3.33. The minimum Gasteiger partial charge on any atom is -0.494 e. The summed E-state index contributed by atoms with van der Waals surface area (Å²) in [5, 5.41) is 11.6. The lowest BCUT2D eigenvalue weighted by molar-refractivity contribution is 0.432. The number of aromatic hydroxyl groups is 1. The van der Waals surface area contributed by atoms with Gasteiger partial charge in [0.05, 0.1) is 12.1 Å². The molecule has 168 valence electrons. The Kier molecular flexibility index (Phi) is 5.68. The van der Waals surface area contributed by atoms with Crippen LogP contribution in [0, 0.1) is 0 Å². The molecule has 0 saturated carbocycles. The molecule has 1 aromatic carbocycles. The van der Waals surface area contributed by atoms with Crippen molar-refractivity contribution in [3.8, 4) is 5.88 Å². The van der Waals surface area contributed by atoms with Crippen molar-refractivity contribution in [3.05, 3.63) is 71.6 Å². The zero-order valence-electron chi connectivity index (χ0n) is 18.1. The second kappa shape index (κ2) is 8.31. The molecule has 32 heavy (non-hydrogen) atoms. The summed E-state index contributed by atoms with van der Waals surface area (Å²) in [7, 11) is 2.86. The lowest BCUT2D eigenvalue weighted by Gasteiger charge is -2.13. The Morgan fingerprint density at radius 2 is 1.69 bits per heavy atom. The number of aryl methyl sites for hydroxylation is 1. The number of aromatic nitrogens is 5. The van der Waals surface area contributed by atoms with Crippen LogP contribution in [0.3, 0.4) is 0 Å². The van der Waals surface area contributed by atoms with Crippen LogP contribution < -0.4 is 16.8 Å². The predicted octanol–water partition coefficient (Wildman–Crippen LogP) is 2.19. The zero-order valence-corrected chi connectivity index (χ0v) is 18.9. The van der Waals surface area contributed by atoms with Gasteiger partial charge in [-0.05, 0) is 30.5 Å². The van der Waals surface area contributed by atoms with Gasteiger partial charge in [-0.15, -0.1) is 0 Å². The van der Waals surface area contributed by atoms with Crippen molar-refractivity contribution in [1.29, 1.82) is 0 Å². The second-order valence-electron chi connectivity index (χ2n) is 7.90. The molecule has 0 amide bonds. The number of rotatable bonds is 6. The van der Waals surface area contributed by atoms with Crippen molar-refractivity contribution in [2.45, 2.75) is 39.2 Å². The highest BCUT2D eigenvalue weighted by Crippen LogP contribution is 2.23. The summed E-state index contributed by atoms with van der Waals surface area (Å²) in [6, 6.07) is 7.05. The predicted molar refractivity (Wildman–Crippen MR) is 123 cm³/mol. The van der Waals surface area contributed by atoms with Gasteiger partial charge in [0.15, 0.2) is 11.2 Å². The van der Waals surface area contributed by atoms with Gasteiger partial charge in [0.25, 0.3) is 11.1 Å². The van der Waals surface area contributed by atoms with Crippen molar-refractivity contribution in [3.63, 3.8) is 0 Å². The average Bonchev–Trinajstić information content (AvgIpc) is 3.18. The van der Waals surface area contributed by atoms with Gasteiger partial charge in [-0.1, -0.05) is 43.5 Å². The third-order valence-electron chi connectivity index (χ3n) is 5.75. The van der Waals surface area contributed by atoms with Gasteiger partial charge < -0.3 is 5.11 Å². The normalized spacial score (nSPS) is 11.6. The number of unbranched alkanes of at least 4 members (excludes halogenated alkanes) is 2. The number of fused-ring (bicyclic) bond motifs is 3. The Labute approximate surface area is 187 Å². The molecule has 1 N–H and O–H groups in total. The topological polar surface area (TPSA) is 104 Å². The molecule has 0 spiro atoms. The van der Waals surface area contributed by atoms with E-state index in [4.69, 9.17) is 11.6 Å². The Morgan fingerprint density at radius 1 is 1.00 bits per heavy atom.